The Hall–Kier alpha value is -4.27. The zero-order valence-electron chi connectivity index (χ0n) is 20.8. The summed E-state index contributed by atoms with van der Waals surface area (Å²) in [4.78, 5) is 0. The number of hydrogen-bond donors (Lipinski definition) is 0. The Kier molecular flexibility index (Phi) is 4.45. The Morgan fingerprint density at radius 1 is 0.872 bits per heavy atom. The molecule has 0 radical (unpaired) electrons. The van der Waals surface area contributed by atoms with Crippen LogP contribution >= 0.6 is 0 Å². The fraction of sp³-hybridized carbons (Fsp3) is 0.0938. The van der Waals surface area contributed by atoms with Gasteiger partial charge in [-0.15, -0.1) is 0 Å². The second kappa shape index (κ2) is 7.65. The van der Waals surface area contributed by atoms with Gasteiger partial charge >= 0.3 is 235 Å². The van der Waals surface area contributed by atoms with Crippen molar-refractivity contribution in [3.63, 3.8) is 0 Å². The molecule has 0 amide bonds. The summed E-state index contributed by atoms with van der Waals surface area (Å²) < 4.78 is 13.8. The van der Waals surface area contributed by atoms with Crippen LogP contribution in [0.2, 0.25) is 0 Å². The van der Waals surface area contributed by atoms with Crippen molar-refractivity contribution in [2.75, 3.05) is 0 Å². The second-order valence-corrected chi connectivity index (χ2v) is 14.6. The maximum absolute atomic E-state index is 10.1. The molecular formula is C32H16N4OSe2. The Bertz CT molecular complexity index is 2410. The van der Waals surface area contributed by atoms with Crippen LogP contribution in [0, 0.1) is 34.0 Å². The zero-order chi connectivity index (χ0) is 26.6. The van der Waals surface area contributed by atoms with Crippen molar-refractivity contribution in [3.05, 3.63) is 82.0 Å². The third kappa shape index (κ3) is 2.77. The van der Waals surface area contributed by atoms with Crippen molar-refractivity contribution < 1.29 is 4.74 Å². The number of nitriles is 3. The minimum absolute atomic E-state index is 0.0579. The van der Waals surface area contributed by atoms with Crippen molar-refractivity contribution in [2.45, 2.75) is 19.4 Å². The molecule has 8 rings (SSSR count). The zero-order valence-corrected chi connectivity index (χ0v) is 24.2. The third-order valence-corrected chi connectivity index (χ3v) is 13.2. The van der Waals surface area contributed by atoms with E-state index in [1.165, 1.54) is 56.3 Å². The molecule has 39 heavy (non-hydrogen) atoms. The Balaban J connectivity index is 1.53. The first kappa shape index (κ1) is 22.7. The van der Waals surface area contributed by atoms with Crippen LogP contribution in [0.25, 0.3) is 61.8 Å². The molecule has 3 aromatic carbocycles. The summed E-state index contributed by atoms with van der Waals surface area (Å²) in [5.41, 5.74) is 2.70. The van der Waals surface area contributed by atoms with Gasteiger partial charge in [0.15, 0.2) is 0 Å². The molecule has 0 saturated carbocycles. The second-order valence-electron chi connectivity index (χ2n) is 10.2. The molecule has 0 N–H and O–H groups in total. The van der Waals surface area contributed by atoms with Crippen molar-refractivity contribution in [3.8, 4) is 18.2 Å². The van der Waals surface area contributed by atoms with Gasteiger partial charge in [0.25, 0.3) is 0 Å². The number of aromatic nitrogens is 1. The normalized spacial score (nSPS) is 15.1. The van der Waals surface area contributed by atoms with Crippen molar-refractivity contribution in [1.82, 2.24) is 4.40 Å². The molecule has 1 aliphatic heterocycles. The molecule has 0 spiro atoms. The number of nitrogens with zero attached hydrogens (tertiary/aromatic N) is 4. The molecule has 1 aliphatic rings. The van der Waals surface area contributed by atoms with E-state index in [1.807, 2.05) is 26.0 Å². The summed E-state index contributed by atoms with van der Waals surface area (Å²) in [7, 11) is 0. The van der Waals surface area contributed by atoms with Gasteiger partial charge < -0.3 is 0 Å². The van der Waals surface area contributed by atoms with E-state index in [-0.39, 0.29) is 40.3 Å². The Morgan fingerprint density at radius 3 is 2.46 bits per heavy atom. The molecule has 0 atom stereocenters. The van der Waals surface area contributed by atoms with Gasteiger partial charge in [-0.1, -0.05) is 0 Å². The Labute approximate surface area is 234 Å². The predicted octanol–water partition coefficient (Wildman–Crippen LogP) is 6.64. The SMILES string of the molecule is CC1(C)OC(=C(C#N)C#N)C(C#N)=C1c1cc2[se]c3c(c4cccc5ccc6c7ccccc7n3c6c54)c2[se]1. The first-order valence-corrected chi connectivity index (χ1v) is 15.8. The van der Waals surface area contributed by atoms with Crippen LogP contribution in [-0.2, 0) is 4.74 Å². The molecule has 0 aliphatic carbocycles. The number of pyridine rings is 1. The third-order valence-electron chi connectivity index (χ3n) is 7.74. The van der Waals surface area contributed by atoms with E-state index < -0.39 is 5.60 Å². The summed E-state index contributed by atoms with van der Waals surface area (Å²) in [5, 5.41) is 36.8. The molecule has 0 saturated heterocycles. The number of allylic oxidation sites excluding steroid dienone is 2. The van der Waals surface area contributed by atoms with Crippen LogP contribution in [0.4, 0.5) is 0 Å². The van der Waals surface area contributed by atoms with E-state index in [9.17, 15) is 15.8 Å². The van der Waals surface area contributed by atoms with Gasteiger partial charge in [0.05, 0.1) is 0 Å². The fourth-order valence-corrected chi connectivity index (χ4v) is 13.1. The number of rotatable bonds is 1. The van der Waals surface area contributed by atoms with Gasteiger partial charge in [0.2, 0.25) is 0 Å². The number of para-hydroxylation sites is 1. The molecule has 0 fully saturated rings. The number of benzene rings is 3. The van der Waals surface area contributed by atoms with Crippen LogP contribution in [0.1, 0.15) is 18.3 Å². The molecule has 0 bridgehead atoms. The van der Waals surface area contributed by atoms with Crippen LogP contribution in [0.3, 0.4) is 0 Å². The van der Waals surface area contributed by atoms with Gasteiger partial charge in [-0.2, -0.15) is 0 Å². The van der Waals surface area contributed by atoms with Crippen LogP contribution < -0.4 is 0 Å². The quantitative estimate of drug-likeness (QED) is 0.150. The molecule has 5 nitrogen and oxygen atoms in total. The monoisotopic (exact) mass is 632 g/mol. The van der Waals surface area contributed by atoms with E-state index in [0.29, 0.717) is 5.57 Å². The number of fused-ring (bicyclic) bond motifs is 8. The van der Waals surface area contributed by atoms with Crippen LogP contribution in [0.15, 0.2) is 77.6 Å². The molecule has 182 valence electrons. The van der Waals surface area contributed by atoms with Gasteiger partial charge in [0.1, 0.15) is 0 Å². The summed E-state index contributed by atoms with van der Waals surface area (Å²) in [6.07, 6.45) is 0. The fourth-order valence-electron chi connectivity index (χ4n) is 6.24. The van der Waals surface area contributed by atoms with E-state index in [2.05, 4.69) is 71.1 Å². The number of hydrogen-bond acceptors (Lipinski definition) is 4. The van der Waals surface area contributed by atoms with Crippen LogP contribution in [-0.4, -0.2) is 39.0 Å². The van der Waals surface area contributed by atoms with E-state index >= 15 is 0 Å². The molecular weight excluding hydrogens is 614 g/mol. The first-order chi connectivity index (χ1) is 19.0. The molecule has 7 heteroatoms. The van der Waals surface area contributed by atoms with E-state index in [1.54, 1.807) is 0 Å². The summed E-state index contributed by atoms with van der Waals surface area (Å²) in [6, 6.07) is 28.1. The standard InChI is InChI=1S/C32H16N4OSe2/c1-32(2)27(21(15-35)29(37-32)17(13-33)14-34)23-12-24-30(38-23)26-20-8-5-6-16-10-11-19-18-7-3-4-9-22(18)36(31(26)39-24)28(19)25(16)20/h3-12H,1-2H3. The van der Waals surface area contributed by atoms with Crippen molar-refractivity contribution in [1.29, 1.82) is 15.8 Å². The van der Waals surface area contributed by atoms with Gasteiger partial charge in [-0.05, 0) is 0 Å². The first-order valence-electron chi connectivity index (χ1n) is 12.4. The average molecular weight is 630 g/mol. The van der Waals surface area contributed by atoms with Gasteiger partial charge in [-0.25, -0.2) is 0 Å². The van der Waals surface area contributed by atoms with Crippen molar-refractivity contribution in [2.24, 2.45) is 0 Å². The summed E-state index contributed by atoms with van der Waals surface area (Å²) in [5.74, 6) is 0.106. The summed E-state index contributed by atoms with van der Waals surface area (Å²) in [6.45, 7) is 3.82. The topological polar surface area (TPSA) is 85.0 Å². The molecule has 4 aromatic heterocycles. The minimum atomic E-state index is -0.807. The summed E-state index contributed by atoms with van der Waals surface area (Å²) >= 11 is 0.0242. The predicted molar refractivity (Wildman–Crippen MR) is 156 cm³/mol. The van der Waals surface area contributed by atoms with E-state index in [4.69, 9.17) is 4.74 Å². The Morgan fingerprint density at radius 2 is 1.67 bits per heavy atom. The van der Waals surface area contributed by atoms with Crippen molar-refractivity contribution >= 4 is 90.8 Å². The maximum atomic E-state index is 10.1. The van der Waals surface area contributed by atoms with Gasteiger partial charge in [-0.3, -0.25) is 0 Å². The molecule has 5 heterocycles. The van der Waals surface area contributed by atoms with E-state index in [0.717, 1.165) is 10.0 Å². The number of ether oxygens (including phenoxy) is 1. The van der Waals surface area contributed by atoms with Gasteiger partial charge in [0, 0.05) is 0 Å². The average Bonchev–Trinajstić information content (AvgIpc) is 3.65. The van der Waals surface area contributed by atoms with Crippen LogP contribution in [0.5, 0.6) is 0 Å². The molecule has 7 aromatic rings. The molecule has 0 unspecified atom stereocenters.